The molecule has 0 fully saturated rings. The maximum absolute atomic E-state index is 11.4. The van der Waals surface area contributed by atoms with Crippen molar-refractivity contribution in [3.05, 3.63) is 44.4 Å². The minimum Gasteiger partial charge on any atom is -0.463 e. The predicted octanol–water partition coefficient (Wildman–Crippen LogP) is 3.18. The van der Waals surface area contributed by atoms with Crippen LogP contribution in [0.25, 0.3) is 0 Å². The molecule has 2 heterocycles. The molecule has 0 amide bonds. The molecule has 18 heavy (non-hydrogen) atoms. The van der Waals surface area contributed by atoms with Gasteiger partial charge in [0.15, 0.2) is 0 Å². The van der Waals surface area contributed by atoms with E-state index in [2.05, 4.69) is 32.0 Å². The van der Waals surface area contributed by atoms with Crippen molar-refractivity contribution in [1.82, 2.24) is 5.32 Å². The van der Waals surface area contributed by atoms with Crippen LogP contribution >= 0.6 is 27.3 Å². The lowest BCUT2D eigenvalue weighted by Gasteiger charge is -2.02. The third kappa shape index (κ3) is 3.22. The van der Waals surface area contributed by atoms with Gasteiger partial charge >= 0.3 is 5.97 Å². The van der Waals surface area contributed by atoms with Gasteiger partial charge in [-0.3, -0.25) is 0 Å². The SMILES string of the molecule is COC(=O)c1occc1CNCc1ccc(Br)s1. The standard InChI is InChI=1S/C12H12BrNO3S/c1-16-12(15)11-8(4-5-17-11)6-14-7-9-2-3-10(13)18-9/h2-5,14H,6-7H2,1H3. The van der Waals surface area contributed by atoms with E-state index in [0.29, 0.717) is 6.54 Å². The number of carbonyl (C=O) groups is 1. The lowest BCUT2D eigenvalue weighted by molar-refractivity contribution is 0.0563. The highest BCUT2D eigenvalue weighted by Gasteiger charge is 2.15. The van der Waals surface area contributed by atoms with E-state index in [9.17, 15) is 4.79 Å². The molecule has 0 unspecified atom stereocenters. The second-order valence-corrected chi connectivity index (χ2v) is 6.12. The van der Waals surface area contributed by atoms with Gasteiger partial charge in [0.2, 0.25) is 5.76 Å². The summed E-state index contributed by atoms with van der Waals surface area (Å²) in [5.74, 6) is -0.187. The molecule has 0 spiro atoms. The molecule has 2 rings (SSSR count). The fourth-order valence-corrected chi connectivity index (χ4v) is 2.97. The highest BCUT2D eigenvalue weighted by atomic mass is 79.9. The molecular weight excluding hydrogens is 318 g/mol. The van der Waals surface area contributed by atoms with E-state index in [-0.39, 0.29) is 5.76 Å². The number of rotatable bonds is 5. The Morgan fingerprint density at radius 1 is 1.44 bits per heavy atom. The topological polar surface area (TPSA) is 51.5 Å². The minimum absolute atomic E-state index is 0.261. The van der Waals surface area contributed by atoms with Crippen LogP contribution < -0.4 is 5.32 Å². The number of ether oxygens (including phenoxy) is 1. The van der Waals surface area contributed by atoms with Gasteiger partial charge in [-0.2, -0.15) is 0 Å². The molecule has 6 heteroatoms. The Morgan fingerprint density at radius 3 is 2.94 bits per heavy atom. The van der Waals surface area contributed by atoms with Crippen LogP contribution in [0, 0.1) is 0 Å². The number of thiophene rings is 1. The zero-order chi connectivity index (χ0) is 13.0. The number of halogens is 1. The van der Waals surface area contributed by atoms with Crippen molar-refractivity contribution in [1.29, 1.82) is 0 Å². The first-order valence-corrected chi connectivity index (χ1v) is 6.91. The van der Waals surface area contributed by atoms with Crippen molar-refractivity contribution in [3.63, 3.8) is 0 Å². The normalized spacial score (nSPS) is 10.6. The third-order valence-electron chi connectivity index (χ3n) is 2.36. The van der Waals surface area contributed by atoms with Crippen molar-refractivity contribution in [2.75, 3.05) is 7.11 Å². The lowest BCUT2D eigenvalue weighted by Crippen LogP contribution is -2.14. The van der Waals surface area contributed by atoms with Crippen LogP contribution in [0.2, 0.25) is 0 Å². The number of esters is 1. The molecule has 0 atom stereocenters. The van der Waals surface area contributed by atoms with Crippen molar-refractivity contribution < 1.29 is 13.9 Å². The maximum atomic E-state index is 11.4. The summed E-state index contributed by atoms with van der Waals surface area (Å²) < 4.78 is 10.9. The van der Waals surface area contributed by atoms with Crippen LogP contribution in [0.5, 0.6) is 0 Å². The van der Waals surface area contributed by atoms with Crippen LogP contribution in [0.3, 0.4) is 0 Å². The summed E-state index contributed by atoms with van der Waals surface area (Å²) >= 11 is 5.10. The molecule has 1 N–H and O–H groups in total. The van der Waals surface area contributed by atoms with E-state index in [1.54, 1.807) is 17.4 Å². The Hall–Kier alpha value is -1.11. The number of hydrogen-bond donors (Lipinski definition) is 1. The Kier molecular flexibility index (Phi) is 4.57. The molecule has 0 aliphatic carbocycles. The van der Waals surface area contributed by atoms with Gasteiger partial charge in [0.25, 0.3) is 0 Å². The molecule has 0 aliphatic rings. The van der Waals surface area contributed by atoms with E-state index in [1.807, 2.05) is 6.07 Å². The summed E-state index contributed by atoms with van der Waals surface area (Å²) in [6, 6.07) is 5.83. The molecule has 96 valence electrons. The predicted molar refractivity (Wildman–Crippen MR) is 72.6 cm³/mol. The van der Waals surface area contributed by atoms with E-state index in [4.69, 9.17) is 4.42 Å². The Labute approximate surface area is 117 Å². The number of carbonyl (C=O) groups excluding carboxylic acids is 1. The quantitative estimate of drug-likeness (QED) is 0.856. The highest BCUT2D eigenvalue weighted by molar-refractivity contribution is 9.11. The summed E-state index contributed by atoms with van der Waals surface area (Å²) in [5.41, 5.74) is 0.803. The number of furan rings is 1. The van der Waals surface area contributed by atoms with Gasteiger partial charge in [-0.25, -0.2) is 4.79 Å². The zero-order valence-corrected chi connectivity index (χ0v) is 12.1. The van der Waals surface area contributed by atoms with Crippen molar-refractivity contribution in [3.8, 4) is 0 Å². The van der Waals surface area contributed by atoms with Gasteiger partial charge in [0.1, 0.15) is 0 Å². The lowest BCUT2D eigenvalue weighted by atomic mass is 10.2. The Bertz CT molecular complexity index is 535. The molecular formula is C12H12BrNO3S. The van der Waals surface area contributed by atoms with Crippen molar-refractivity contribution in [2.45, 2.75) is 13.1 Å². The first-order valence-electron chi connectivity index (χ1n) is 5.30. The fraction of sp³-hybridized carbons (Fsp3) is 0.250. The molecule has 0 saturated heterocycles. The summed E-state index contributed by atoms with van der Waals surface area (Å²) in [5, 5.41) is 3.26. The second-order valence-electron chi connectivity index (χ2n) is 3.58. The third-order valence-corrected chi connectivity index (χ3v) is 3.98. The number of hydrogen-bond acceptors (Lipinski definition) is 5. The van der Waals surface area contributed by atoms with E-state index >= 15 is 0 Å². The minimum atomic E-state index is -0.448. The number of methoxy groups -OCH3 is 1. The molecule has 0 aromatic carbocycles. The van der Waals surface area contributed by atoms with E-state index in [1.165, 1.54) is 18.3 Å². The number of nitrogens with one attached hydrogen (secondary N) is 1. The first kappa shape index (κ1) is 13.3. The first-order chi connectivity index (χ1) is 8.70. The summed E-state index contributed by atoms with van der Waals surface area (Å²) in [7, 11) is 1.34. The molecule has 2 aromatic rings. The van der Waals surface area contributed by atoms with Crippen LogP contribution in [0.1, 0.15) is 21.0 Å². The Balaban J connectivity index is 1.90. The van der Waals surface area contributed by atoms with Crippen LogP contribution in [-0.2, 0) is 17.8 Å². The molecule has 0 saturated carbocycles. The molecule has 4 nitrogen and oxygen atoms in total. The molecule has 2 aromatic heterocycles. The smallest absolute Gasteiger partial charge is 0.374 e. The summed E-state index contributed by atoms with van der Waals surface area (Å²) in [6.07, 6.45) is 1.49. The zero-order valence-electron chi connectivity index (χ0n) is 9.73. The Morgan fingerprint density at radius 2 is 2.28 bits per heavy atom. The van der Waals surface area contributed by atoms with Crippen LogP contribution in [-0.4, -0.2) is 13.1 Å². The van der Waals surface area contributed by atoms with Gasteiger partial charge < -0.3 is 14.5 Å². The maximum Gasteiger partial charge on any atom is 0.374 e. The molecule has 0 aliphatic heterocycles. The van der Waals surface area contributed by atoms with Crippen molar-refractivity contribution in [2.24, 2.45) is 0 Å². The average Bonchev–Trinajstić information content (AvgIpc) is 2.98. The van der Waals surface area contributed by atoms with Crippen LogP contribution in [0.4, 0.5) is 0 Å². The average molecular weight is 330 g/mol. The fourth-order valence-electron chi connectivity index (χ4n) is 1.51. The highest BCUT2D eigenvalue weighted by Crippen LogP contribution is 2.22. The monoisotopic (exact) mass is 329 g/mol. The van der Waals surface area contributed by atoms with Gasteiger partial charge in [0.05, 0.1) is 17.2 Å². The van der Waals surface area contributed by atoms with Gasteiger partial charge in [-0.15, -0.1) is 11.3 Å². The van der Waals surface area contributed by atoms with Gasteiger partial charge in [-0.1, -0.05) is 0 Å². The molecule has 0 radical (unpaired) electrons. The van der Waals surface area contributed by atoms with Gasteiger partial charge in [-0.05, 0) is 34.1 Å². The molecule has 0 bridgehead atoms. The van der Waals surface area contributed by atoms with Gasteiger partial charge in [0, 0.05) is 23.5 Å². The van der Waals surface area contributed by atoms with E-state index < -0.39 is 5.97 Å². The second kappa shape index (κ2) is 6.17. The van der Waals surface area contributed by atoms with Crippen molar-refractivity contribution >= 4 is 33.2 Å². The summed E-state index contributed by atoms with van der Waals surface area (Å²) in [6.45, 7) is 1.32. The summed E-state index contributed by atoms with van der Waals surface area (Å²) in [4.78, 5) is 12.6. The van der Waals surface area contributed by atoms with Crippen LogP contribution in [0.15, 0.2) is 32.7 Å². The van der Waals surface area contributed by atoms with E-state index in [0.717, 1.165) is 15.9 Å². The largest absolute Gasteiger partial charge is 0.463 e.